The Balaban J connectivity index is 2.31. The molecule has 0 N–H and O–H groups in total. The van der Waals surface area contributed by atoms with Crippen molar-refractivity contribution in [1.82, 2.24) is 0 Å². The predicted octanol–water partition coefficient (Wildman–Crippen LogP) is 2.08. The van der Waals surface area contributed by atoms with Crippen LogP contribution >= 0.6 is 0 Å². The van der Waals surface area contributed by atoms with Crippen molar-refractivity contribution in [1.29, 1.82) is 0 Å². The highest BCUT2D eigenvalue weighted by atomic mass is 16.5. The van der Waals surface area contributed by atoms with E-state index in [1.54, 1.807) is 0 Å². The normalized spacial score (nSPS) is 15.5. The van der Waals surface area contributed by atoms with Crippen LogP contribution in [0.2, 0.25) is 0 Å². The van der Waals surface area contributed by atoms with Gasteiger partial charge in [0.25, 0.3) is 0 Å². The van der Waals surface area contributed by atoms with Crippen molar-refractivity contribution in [3.63, 3.8) is 0 Å². The molecule has 3 nitrogen and oxygen atoms in total. The van der Waals surface area contributed by atoms with E-state index in [0.717, 1.165) is 17.8 Å². The molecule has 1 atom stereocenters. The number of ether oxygens (including phenoxy) is 1. The Labute approximate surface area is 95.3 Å². The van der Waals surface area contributed by atoms with E-state index in [9.17, 15) is 4.79 Å². The van der Waals surface area contributed by atoms with E-state index in [2.05, 4.69) is 12.2 Å². The molecule has 1 aromatic carbocycles. The molecule has 2 rings (SSSR count). The molecule has 0 saturated heterocycles. The van der Waals surface area contributed by atoms with E-state index >= 15 is 0 Å². The van der Waals surface area contributed by atoms with Crippen LogP contribution in [-0.2, 0) is 9.53 Å². The lowest BCUT2D eigenvalue weighted by atomic mass is 10.1. The SMILES string of the molecule is COC(=O)C(C)N1CC=Cc2ccccc21. The van der Waals surface area contributed by atoms with Crippen LogP contribution in [-0.4, -0.2) is 25.7 Å². The van der Waals surface area contributed by atoms with E-state index in [0.29, 0.717) is 0 Å². The number of para-hydroxylation sites is 1. The van der Waals surface area contributed by atoms with Gasteiger partial charge in [-0.05, 0) is 18.6 Å². The van der Waals surface area contributed by atoms with Gasteiger partial charge in [0.15, 0.2) is 0 Å². The third-order valence-corrected chi connectivity index (χ3v) is 2.86. The van der Waals surface area contributed by atoms with Gasteiger partial charge in [-0.2, -0.15) is 0 Å². The number of carbonyl (C=O) groups is 1. The summed E-state index contributed by atoms with van der Waals surface area (Å²) in [6, 6.07) is 7.79. The van der Waals surface area contributed by atoms with Gasteiger partial charge in [-0.3, -0.25) is 0 Å². The van der Waals surface area contributed by atoms with Crippen molar-refractivity contribution in [3.8, 4) is 0 Å². The van der Waals surface area contributed by atoms with Crippen LogP contribution in [0.5, 0.6) is 0 Å². The molecule has 1 unspecified atom stereocenters. The first-order valence-electron chi connectivity index (χ1n) is 5.34. The summed E-state index contributed by atoms with van der Waals surface area (Å²) in [5.41, 5.74) is 2.23. The number of esters is 1. The molecule has 1 aliphatic rings. The van der Waals surface area contributed by atoms with Crippen molar-refractivity contribution in [3.05, 3.63) is 35.9 Å². The minimum Gasteiger partial charge on any atom is -0.467 e. The molecule has 16 heavy (non-hydrogen) atoms. The third kappa shape index (κ3) is 1.81. The van der Waals surface area contributed by atoms with E-state index in [-0.39, 0.29) is 12.0 Å². The van der Waals surface area contributed by atoms with Crippen molar-refractivity contribution >= 4 is 17.7 Å². The zero-order valence-corrected chi connectivity index (χ0v) is 9.51. The summed E-state index contributed by atoms with van der Waals surface area (Å²) in [5.74, 6) is -0.204. The topological polar surface area (TPSA) is 29.5 Å². The molecule has 0 fully saturated rings. The fraction of sp³-hybridized carbons (Fsp3) is 0.308. The monoisotopic (exact) mass is 217 g/mol. The highest BCUT2D eigenvalue weighted by molar-refractivity contribution is 5.82. The summed E-state index contributed by atoms with van der Waals surface area (Å²) in [7, 11) is 1.42. The molecule has 0 aromatic heterocycles. The zero-order valence-electron chi connectivity index (χ0n) is 9.51. The standard InChI is InChI=1S/C13H15NO2/c1-10(13(15)16-2)14-9-5-7-11-6-3-4-8-12(11)14/h3-8,10H,9H2,1-2H3. The van der Waals surface area contributed by atoms with Gasteiger partial charge in [-0.15, -0.1) is 0 Å². The lowest BCUT2D eigenvalue weighted by Crippen LogP contribution is -2.41. The summed E-state index contributed by atoms with van der Waals surface area (Å²) in [5, 5.41) is 0. The average molecular weight is 217 g/mol. The molecule has 0 bridgehead atoms. The first-order valence-corrected chi connectivity index (χ1v) is 5.34. The van der Waals surface area contributed by atoms with Crippen LogP contribution in [0.4, 0.5) is 5.69 Å². The van der Waals surface area contributed by atoms with Crippen molar-refractivity contribution in [2.45, 2.75) is 13.0 Å². The summed E-state index contributed by atoms with van der Waals surface area (Å²) in [6.07, 6.45) is 4.14. The summed E-state index contributed by atoms with van der Waals surface area (Å²) in [6.45, 7) is 2.61. The Morgan fingerprint density at radius 3 is 2.94 bits per heavy atom. The van der Waals surface area contributed by atoms with Gasteiger partial charge in [-0.1, -0.05) is 30.4 Å². The van der Waals surface area contributed by atoms with E-state index < -0.39 is 0 Å². The molecule has 1 aliphatic heterocycles. The third-order valence-electron chi connectivity index (χ3n) is 2.86. The van der Waals surface area contributed by atoms with Crippen LogP contribution in [0, 0.1) is 0 Å². The predicted molar refractivity (Wildman–Crippen MR) is 64.3 cm³/mol. The molecule has 0 radical (unpaired) electrons. The maximum atomic E-state index is 11.5. The number of anilines is 1. The molecule has 1 heterocycles. The summed E-state index contributed by atoms with van der Waals surface area (Å²) < 4.78 is 4.78. The van der Waals surface area contributed by atoms with Crippen molar-refractivity contribution < 1.29 is 9.53 Å². The number of fused-ring (bicyclic) bond motifs is 1. The molecular weight excluding hydrogens is 202 g/mol. The lowest BCUT2D eigenvalue weighted by molar-refractivity contribution is -0.141. The second-order valence-corrected chi connectivity index (χ2v) is 3.81. The number of benzene rings is 1. The van der Waals surface area contributed by atoms with E-state index in [1.165, 1.54) is 7.11 Å². The van der Waals surface area contributed by atoms with Gasteiger partial charge < -0.3 is 9.64 Å². The zero-order chi connectivity index (χ0) is 11.5. The smallest absolute Gasteiger partial charge is 0.328 e. The van der Waals surface area contributed by atoms with E-state index in [4.69, 9.17) is 4.74 Å². The summed E-state index contributed by atoms with van der Waals surface area (Å²) >= 11 is 0. The van der Waals surface area contributed by atoms with Gasteiger partial charge >= 0.3 is 5.97 Å². The number of rotatable bonds is 2. The lowest BCUT2D eigenvalue weighted by Gasteiger charge is -2.32. The Kier molecular flexibility index (Phi) is 2.95. The molecular formula is C13H15NO2. The molecule has 84 valence electrons. The second-order valence-electron chi connectivity index (χ2n) is 3.81. The quantitative estimate of drug-likeness (QED) is 0.710. The van der Waals surface area contributed by atoms with Crippen molar-refractivity contribution in [2.24, 2.45) is 0 Å². The van der Waals surface area contributed by atoms with E-state index in [1.807, 2.05) is 36.1 Å². The molecule has 0 spiro atoms. The van der Waals surface area contributed by atoms with Gasteiger partial charge in [0.1, 0.15) is 6.04 Å². The van der Waals surface area contributed by atoms with Gasteiger partial charge in [0.2, 0.25) is 0 Å². The maximum Gasteiger partial charge on any atom is 0.328 e. The van der Waals surface area contributed by atoms with Crippen molar-refractivity contribution in [2.75, 3.05) is 18.6 Å². The summed E-state index contributed by atoms with van der Waals surface area (Å²) in [4.78, 5) is 13.6. The Morgan fingerprint density at radius 2 is 2.19 bits per heavy atom. The van der Waals surface area contributed by atoms with Gasteiger partial charge in [-0.25, -0.2) is 4.79 Å². The molecule has 0 aliphatic carbocycles. The number of hydrogen-bond acceptors (Lipinski definition) is 3. The fourth-order valence-corrected chi connectivity index (χ4v) is 1.95. The number of nitrogens with zero attached hydrogens (tertiary/aromatic N) is 1. The second kappa shape index (κ2) is 4.39. The average Bonchev–Trinajstić information content (AvgIpc) is 2.36. The van der Waals surface area contributed by atoms with Crippen LogP contribution in [0.3, 0.4) is 0 Å². The van der Waals surface area contributed by atoms with Gasteiger partial charge in [0, 0.05) is 12.2 Å². The highest BCUT2D eigenvalue weighted by Gasteiger charge is 2.24. The number of carbonyl (C=O) groups excluding carboxylic acids is 1. The van der Waals surface area contributed by atoms with Crippen LogP contribution < -0.4 is 4.90 Å². The largest absolute Gasteiger partial charge is 0.467 e. The molecule has 0 amide bonds. The number of hydrogen-bond donors (Lipinski definition) is 0. The Hall–Kier alpha value is -1.77. The molecule has 1 aromatic rings. The Morgan fingerprint density at radius 1 is 1.44 bits per heavy atom. The minimum absolute atomic E-state index is 0.204. The van der Waals surface area contributed by atoms with Crippen LogP contribution in [0.1, 0.15) is 12.5 Å². The van der Waals surface area contributed by atoms with Gasteiger partial charge in [0.05, 0.1) is 7.11 Å². The van der Waals surface area contributed by atoms with Crippen LogP contribution in [0.25, 0.3) is 6.08 Å². The maximum absolute atomic E-state index is 11.5. The molecule has 3 heteroatoms. The highest BCUT2D eigenvalue weighted by Crippen LogP contribution is 2.27. The minimum atomic E-state index is -0.254. The van der Waals surface area contributed by atoms with Crippen LogP contribution in [0.15, 0.2) is 30.3 Å². The number of methoxy groups -OCH3 is 1. The first-order chi connectivity index (χ1) is 7.74. The Bertz CT molecular complexity index is 426. The molecule has 0 saturated carbocycles. The fourth-order valence-electron chi connectivity index (χ4n) is 1.95. The first kappa shape index (κ1) is 10.7.